The first-order valence-corrected chi connectivity index (χ1v) is 9.08. The third-order valence-electron chi connectivity index (χ3n) is 5.39. The molecule has 1 unspecified atom stereocenters. The van der Waals surface area contributed by atoms with E-state index in [1.54, 1.807) is 11.1 Å². The van der Waals surface area contributed by atoms with Crippen LogP contribution >= 0.6 is 0 Å². The van der Waals surface area contributed by atoms with E-state index in [4.69, 9.17) is 4.99 Å². The summed E-state index contributed by atoms with van der Waals surface area (Å²) in [5, 5.41) is 0. The molecule has 1 aromatic carbocycles. The molecular formula is C21H29N. The summed E-state index contributed by atoms with van der Waals surface area (Å²) in [6.45, 7) is 6.76. The van der Waals surface area contributed by atoms with E-state index < -0.39 is 0 Å². The van der Waals surface area contributed by atoms with Crippen molar-refractivity contribution in [3.63, 3.8) is 0 Å². The number of fused-ring (bicyclic) bond motifs is 1. The molecular weight excluding hydrogens is 266 g/mol. The number of hydrogen-bond acceptors (Lipinski definition) is 1. The summed E-state index contributed by atoms with van der Waals surface area (Å²) in [6, 6.07) is 4.78. The normalized spacial score (nSPS) is 24.1. The van der Waals surface area contributed by atoms with Gasteiger partial charge >= 0.3 is 0 Å². The van der Waals surface area contributed by atoms with Gasteiger partial charge in [-0.25, -0.2) is 0 Å². The zero-order valence-corrected chi connectivity index (χ0v) is 14.4. The first-order chi connectivity index (χ1) is 10.7. The molecule has 1 heterocycles. The van der Waals surface area contributed by atoms with Gasteiger partial charge in [-0.1, -0.05) is 51.3 Å². The van der Waals surface area contributed by atoms with Gasteiger partial charge in [-0.2, -0.15) is 0 Å². The van der Waals surface area contributed by atoms with Crippen LogP contribution in [0.3, 0.4) is 0 Å². The number of rotatable bonds is 2. The van der Waals surface area contributed by atoms with Crippen molar-refractivity contribution >= 4 is 11.4 Å². The molecule has 1 heteroatoms. The lowest BCUT2D eigenvalue weighted by Gasteiger charge is -2.29. The first kappa shape index (κ1) is 15.5. The predicted octanol–water partition coefficient (Wildman–Crippen LogP) is 6.45. The summed E-state index contributed by atoms with van der Waals surface area (Å²) in [5.41, 5.74) is 7.00. The van der Waals surface area contributed by atoms with Crippen molar-refractivity contribution in [1.82, 2.24) is 0 Å². The molecule has 0 spiro atoms. The van der Waals surface area contributed by atoms with Crippen molar-refractivity contribution in [2.75, 3.05) is 0 Å². The highest BCUT2D eigenvalue weighted by atomic mass is 14.8. The maximum absolute atomic E-state index is 5.01. The van der Waals surface area contributed by atoms with Gasteiger partial charge in [-0.05, 0) is 67.2 Å². The molecule has 0 bridgehead atoms. The average Bonchev–Trinajstić information content (AvgIpc) is 2.53. The zero-order chi connectivity index (χ0) is 15.5. The largest absolute Gasteiger partial charge is 0.253 e. The molecule has 1 aliphatic heterocycles. The van der Waals surface area contributed by atoms with E-state index in [9.17, 15) is 0 Å². The van der Waals surface area contributed by atoms with Crippen LogP contribution in [0.25, 0.3) is 0 Å². The first-order valence-electron chi connectivity index (χ1n) is 9.08. The lowest BCUT2D eigenvalue weighted by molar-refractivity contribution is 0.440. The second-order valence-corrected chi connectivity index (χ2v) is 7.06. The van der Waals surface area contributed by atoms with Gasteiger partial charge in [0.15, 0.2) is 0 Å². The smallest absolute Gasteiger partial charge is 0.0702 e. The molecule has 0 radical (unpaired) electrons. The van der Waals surface area contributed by atoms with Crippen LogP contribution in [-0.2, 0) is 6.42 Å². The number of nitrogens with zero attached hydrogens (tertiary/aromatic N) is 1. The monoisotopic (exact) mass is 295 g/mol. The second kappa shape index (κ2) is 6.81. The van der Waals surface area contributed by atoms with Gasteiger partial charge in [0, 0.05) is 5.71 Å². The topological polar surface area (TPSA) is 12.4 Å². The van der Waals surface area contributed by atoms with E-state index in [0.29, 0.717) is 5.92 Å². The van der Waals surface area contributed by atoms with Crippen LogP contribution in [0, 0.1) is 0 Å². The number of benzene rings is 1. The van der Waals surface area contributed by atoms with E-state index in [1.165, 1.54) is 43.4 Å². The van der Waals surface area contributed by atoms with Crippen molar-refractivity contribution in [3.8, 4) is 0 Å². The summed E-state index contributed by atoms with van der Waals surface area (Å²) < 4.78 is 0. The van der Waals surface area contributed by atoms with Crippen molar-refractivity contribution in [1.29, 1.82) is 0 Å². The summed E-state index contributed by atoms with van der Waals surface area (Å²) in [4.78, 5) is 5.01. The fourth-order valence-corrected chi connectivity index (χ4v) is 4.15. The lowest BCUT2D eigenvalue weighted by Crippen LogP contribution is -2.11. The summed E-state index contributed by atoms with van der Waals surface area (Å²) >= 11 is 0. The van der Waals surface area contributed by atoms with E-state index in [-0.39, 0.29) is 0 Å². The minimum Gasteiger partial charge on any atom is -0.253 e. The molecule has 0 N–H and O–H groups in total. The maximum atomic E-state index is 5.01. The minimum atomic E-state index is 0.575. The molecule has 1 atom stereocenters. The van der Waals surface area contributed by atoms with Gasteiger partial charge in [-0.15, -0.1) is 0 Å². The Balaban J connectivity index is 2.15. The number of hydrogen-bond donors (Lipinski definition) is 0. The third-order valence-corrected chi connectivity index (χ3v) is 5.39. The van der Waals surface area contributed by atoms with Crippen LogP contribution < -0.4 is 0 Å². The van der Waals surface area contributed by atoms with Crippen LogP contribution in [0.2, 0.25) is 0 Å². The Hall–Kier alpha value is -1.37. The van der Waals surface area contributed by atoms with Gasteiger partial charge in [0.1, 0.15) is 0 Å². The molecule has 0 amide bonds. The van der Waals surface area contributed by atoms with E-state index >= 15 is 0 Å². The highest BCUT2D eigenvalue weighted by molar-refractivity contribution is 5.95. The Bertz CT molecular complexity index is 588. The Morgan fingerprint density at radius 2 is 1.91 bits per heavy atom. The van der Waals surface area contributed by atoms with Crippen molar-refractivity contribution < 1.29 is 0 Å². The fourth-order valence-electron chi connectivity index (χ4n) is 4.15. The second-order valence-electron chi connectivity index (χ2n) is 7.06. The highest BCUT2D eigenvalue weighted by Gasteiger charge is 2.24. The molecule has 0 saturated heterocycles. The Labute approximate surface area is 135 Å². The van der Waals surface area contributed by atoms with Crippen LogP contribution in [-0.4, -0.2) is 5.71 Å². The number of aliphatic imine (C=N–C) groups is 1. The van der Waals surface area contributed by atoms with Crippen molar-refractivity contribution in [2.24, 2.45) is 4.99 Å². The molecule has 1 saturated carbocycles. The van der Waals surface area contributed by atoms with Gasteiger partial charge < -0.3 is 0 Å². The molecule has 1 nitrogen and oxygen atoms in total. The van der Waals surface area contributed by atoms with E-state index in [1.807, 2.05) is 0 Å². The van der Waals surface area contributed by atoms with Crippen LogP contribution in [0.5, 0.6) is 0 Å². The molecule has 118 valence electrons. The third kappa shape index (κ3) is 3.04. The maximum Gasteiger partial charge on any atom is 0.0702 e. The van der Waals surface area contributed by atoms with Crippen LogP contribution in [0.15, 0.2) is 29.3 Å². The molecule has 3 rings (SSSR count). The van der Waals surface area contributed by atoms with Crippen molar-refractivity contribution in [3.05, 3.63) is 41.0 Å². The summed E-state index contributed by atoms with van der Waals surface area (Å²) in [7, 11) is 0. The molecule has 1 fully saturated rings. The highest BCUT2D eigenvalue weighted by Crippen LogP contribution is 2.43. The Morgan fingerprint density at radius 3 is 2.64 bits per heavy atom. The SMILES string of the molecule is CCc1ccc(C2CCCCC2)c2c1N=C(C)/C=C/CC2C. The van der Waals surface area contributed by atoms with E-state index in [0.717, 1.165) is 24.5 Å². The van der Waals surface area contributed by atoms with E-state index in [2.05, 4.69) is 45.1 Å². The number of allylic oxidation sites excluding steroid dienone is 2. The zero-order valence-electron chi connectivity index (χ0n) is 14.4. The molecule has 2 aliphatic rings. The van der Waals surface area contributed by atoms with Crippen molar-refractivity contribution in [2.45, 2.75) is 77.6 Å². The average molecular weight is 295 g/mol. The Morgan fingerprint density at radius 1 is 1.14 bits per heavy atom. The molecule has 1 aliphatic carbocycles. The van der Waals surface area contributed by atoms with Gasteiger partial charge in [0.25, 0.3) is 0 Å². The summed E-state index contributed by atoms with van der Waals surface area (Å²) in [6.07, 6.45) is 13.6. The minimum absolute atomic E-state index is 0.575. The lowest BCUT2D eigenvalue weighted by atomic mass is 9.77. The molecule has 0 aromatic heterocycles. The quantitative estimate of drug-likeness (QED) is 0.594. The van der Waals surface area contributed by atoms with Gasteiger partial charge in [-0.3, -0.25) is 4.99 Å². The van der Waals surface area contributed by atoms with Crippen LogP contribution in [0.4, 0.5) is 5.69 Å². The summed E-state index contributed by atoms with van der Waals surface area (Å²) in [5.74, 6) is 1.33. The molecule has 1 aromatic rings. The Kier molecular flexibility index (Phi) is 4.81. The van der Waals surface area contributed by atoms with Crippen LogP contribution in [0.1, 0.15) is 87.8 Å². The predicted molar refractivity (Wildman–Crippen MR) is 96.6 cm³/mol. The fraction of sp³-hybridized carbons (Fsp3) is 0.571. The van der Waals surface area contributed by atoms with Gasteiger partial charge in [0.2, 0.25) is 0 Å². The molecule has 22 heavy (non-hydrogen) atoms. The number of aryl methyl sites for hydroxylation is 1. The van der Waals surface area contributed by atoms with Gasteiger partial charge in [0.05, 0.1) is 5.69 Å². The standard InChI is InChI=1S/C21H29N/c1-4-17-13-14-19(18-11-6-5-7-12-18)20-15(2)9-8-10-16(3)22-21(17)20/h8,10,13-15,18H,4-7,9,11-12H2,1-3H3/b10-8+,22-16?.